The monoisotopic (exact) mass is 228 g/mol. The predicted octanol–water partition coefficient (Wildman–Crippen LogP) is 3.44. The molecule has 0 amide bonds. The first kappa shape index (κ1) is 11.9. The molecule has 1 atom stereocenters. The Hall–Kier alpha value is -1.22. The average molecular weight is 229 g/mol. The highest BCUT2D eigenvalue weighted by Gasteiger charge is 2.08. The van der Waals surface area contributed by atoms with Crippen molar-refractivity contribution in [2.24, 2.45) is 0 Å². The summed E-state index contributed by atoms with van der Waals surface area (Å²) in [5.74, 6) is -0.473. The minimum absolute atomic E-state index is 0.0365. The van der Waals surface area contributed by atoms with E-state index >= 15 is 0 Å². The summed E-state index contributed by atoms with van der Waals surface area (Å²) in [5, 5.41) is 3.12. The lowest BCUT2D eigenvalue weighted by Gasteiger charge is -2.15. The van der Waals surface area contributed by atoms with Crippen LogP contribution in [0.2, 0.25) is 5.02 Å². The highest BCUT2D eigenvalue weighted by molar-refractivity contribution is 6.31. The Bertz CT molecular complexity index is 366. The van der Waals surface area contributed by atoms with Crippen molar-refractivity contribution in [3.63, 3.8) is 0 Å². The highest BCUT2D eigenvalue weighted by Crippen LogP contribution is 2.26. The van der Waals surface area contributed by atoms with E-state index in [4.69, 9.17) is 17.3 Å². The first-order valence-corrected chi connectivity index (χ1v) is 5.04. The zero-order valence-corrected chi connectivity index (χ0v) is 9.31. The quantitative estimate of drug-likeness (QED) is 0.612. The molecule has 0 radical (unpaired) electrons. The van der Waals surface area contributed by atoms with Crippen molar-refractivity contribution < 1.29 is 4.39 Å². The van der Waals surface area contributed by atoms with Gasteiger partial charge in [-0.25, -0.2) is 4.39 Å². The Morgan fingerprint density at radius 2 is 2.33 bits per heavy atom. The minimum Gasteiger partial charge on any atom is -0.397 e. The number of anilines is 2. The molecule has 2 nitrogen and oxygen atoms in total. The number of hydrogen-bond acceptors (Lipinski definition) is 2. The number of rotatable bonds is 4. The van der Waals surface area contributed by atoms with Crippen LogP contribution in [0.4, 0.5) is 15.8 Å². The van der Waals surface area contributed by atoms with Gasteiger partial charge in [0.2, 0.25) is 0 Å². The van der Waals surface area contributed by atoms with Crippen LogP contribution in [0.3, 0.4) is 0 Å². The van der Waals surface area contributed by atoms with Gasteiger partial charge in [-0.3, -0.25) is 0 Å². The number of nitrogen functional groups attached to an aromatic ring is 1. The molecule has 0 aliphatic rings. The van der Waals surface area contributed by atoms with Crippen molar-refractivity contribution in [3.05, 3.63) is 35.6 Å². The zero-order valence-electron chi connectivity index (χ0n) is 8.56. The second-order valence-corrected chi connectivity index (χ2v) is 3.83. The molecule has 0 heterocycles. The van der Waals surface area contributed by atoms with Gasteiger partial charge >= 0.3 is 0 Å². The molecule has 4 heteroatoms. The summed E-state index contributed by atoms with van der Waals surface area (Å²) in [6.45, 7) is 5.60. The smallest absolute Gasteiger partial charge is 0.143 e. The van der Waals surface area contributed by atoms with Gasteiger partial charge in [-0.15, -0.1) is 6.58 Å². The van der Waals surface area contributed by atoms with Crippen molar-refractivity contribution in [1.29, 1.82) is 0 Å². The van der Waals surface area contributed by atoms with Gasteiger partial charge in [0.15, 0.2) is 0 Å². The predicted molar refractivity (Wildman–Crippen MR) is 63.7 cm³/mol. The van der Waals surface area contributed by atoms with E-state index in [-0.39, 0.29) is 11.1 Å². The van der Waals surface area contributed by atoms with Gasteiger partial charge < -0.3 is 11.1 Å². The van der Waals surface area contributed by atoms with Crippen LogP contribution in [0.5, 0.6) is 0 Å². The van der Waals surface area contributed by atoms with E-state index in [2.05, 4.69) is 11.9 Å². The number of nitrogens with two attached hydrogens (primary N) is 1. The van der Waals surface area contributed by atoms with E-state index in [1.165, 1.54) is 12.1 Å². The van der Waals surface area contributed by atoms with Crippen LogP contribution in [0.1, 0.15) is 13.3 Å². The zero-order chi connectivity index (χ0) is 11.4. The van der Waals surface area contributed by atoms with Crippen LogP contribution in [0, 0.1) is 5.82 Å². The first-order chi connectivity index (χ1) is 7.04. The molecule has 0 aliphatic heterocycles. The third kappa shape index (κ3) is 3.13. The maximum atomic E-state index is 13.1. The van der Waals surface area contributed by atoms with Crippen LogP contribution in [-0.4, -0.2) is 6.04 Å². The summed E-state index contributed by atoms with van der Waals surface area (Å²) in [4.78, 5) is 0. The molecule has 15 heavy (non-hydrogen) atoms. The summed E-state index contributed by atoms with van der Waals surface area (Å²) < 4.78 is 13.1. The SMILES string of the molecule is C=CCC(C)Nc1cc(F)c(Cl)cc1N. The van der Waals surface area contributed by atoms with Crippen LogP contribution >= 0.6 is 11.6 Å². The Morgan fingerprint density at radius 1 is 1.67 bits per heavy atom. The molecule has 0 saturated carbocycles. The molecule has 1 unspecified atom stereocenters. The fourth-order valence-corrected chi connectivity index (χ4v) is 1.43. The lowest BCUT2D eigenvalue weighted by Crippen LogP contribution is -2.15. The second kappa shape index (κ2) is 5.03. The average Bonchev–Trinajstić information content (AvgIpc) is 2.14. The Kier molecular flexibility index (Phi) is 3.97. The maximum Gasteiger partial charge on any atom is 0.143 e. The van der Waals surface area contributed by atoms with Crippen molar-refractivity contribution >= 4 is 23.0 Å². The largest absolute Gasteiger partial charge is 0.397 e. The Morgan fingerprint density at radius 3 is 2.93 bits per heavy atom. The van der Waals surface area contributed by atoms with Crippen molar-refractivity contribution in [2.75, 3.05) is 11.1 Å². The van der Waals surface area contributed by atoms with Crippen LogP contribution in [-0.2, 0) is 0 Å². The molecule has 3 N–H and O–H groups in total. The van der Waals surface area contributed by atoms with Crippen LogP contribution in [0.15, 0.2) is 24.8 Å². The van der Waals surface area contributed by atoms with E-state index in [1.807, 2.05) is 6.92 Å². The summed E-state index contributed by atoms with van der Waals surface area (Å²) in [6.07, 6.45) is 2.57. The molecule has 0 aromatic heterocycles. The topological polar surface area (TPSA) is 38.0 Å². The molecular weight excluding hydrogens is 215 g/mol. The van der Waals surface area contributed by atoms with E-state index in [9.17, 15) is 4.39 Å². The second-order valence-electron chi connectivity index (χ2n) is 3.42. The van der Waals surface area contributed by atoms with Gasteiger partial charge in [-0.1, -0.05) is 17.7 Å². The normalized spacial score (nSPS) is 12.2. The van der Waals surface area contributed by atoms with E-state index in [0.717, 1.165) is 6.42 Å². The number of hydrogen-bond donors (Lipinski definition) is 2. The van der Waals surface area contributed by atoms with Crippen LogP contribution in [0.25, 0.3) is 0 Å². The van der Waals surface area contributed by atoms with E-state index in [0.29, 0.717) is 11.4 Å². The van der Waals surface area contributed by atoms with Crippen molar-refractivity contribution in [2.45, 2.75) is 19.4 Å². The molecule has 1 aromatic rings. The number of benzene rings is 1. The first-order valence-electron chi connectivity index (χ1n) is 4.66. The minimum atomic E-state index is -0.473. The maximum absolute atomic E-state index is 13.1. The summed E-state index contributed by atoms with van der Waals surface area (Å²) in [7, 11) is 0. The molecular formula is C11H14ClFN2. The van der Waals surface area contributed by atoms with Gasteiger partial charge in [-0.05, 0) is 19.4 Å². The van der Waals surface area contributed by atoms with Crippen molar-refractivity contribution in [1.82, 2.24) is 0 Å². The summed E-state index contributed by atoms with van der Waals surface area (Å²) >= 11 is 5.58. The molecule has 0 saturated heterocycles. The standard InChI is InChI=1S/C11H14ClFN2/c1-3-4-7(2)15-11-6-9(13)8(12)5-10(11)14/h3,5-7,15H,1,4,14H2,2H3. The summed E-state index contributed by atoms with van der Waals surface area (Å²) in [6, 6.07) is 2.86. The third-order valence-corrected chi connectivity index (χ3v) is 2.30. The fourth-order valence-electron chi connectivity index (χ4n) is 1.26. The lowest BCUT2D eigenvalue weighted by atomic mass is 10.2. The van der Waals surface area contributed by atoms with E-state index in [1.54, 1.807) is 6.08 Å². The van der Waals surface area contributed by atoms with Crippen LogP contribution < -0.4 is 11.1 Å². The molecule has 82 valence electrons. The molecule has 0 bridgehead atoms. The molecule has 0 spiro atoms. The van der Waals surface area contributed by atoms with E-state index < -0.39 is 5.82 Å². The molecule has 1 aromatic carbocycles. The Labute approximate surface area is 93.9 Å². The third-order valence-electron chi connectivity index (χ3n) is 2.01. The highest BCUT2D eigenvalue weighted by atomic mass is 35.5. The fraction of sp³-hybridized carbons (Fsp3) is 0.273. The van der Waals surface area contributed by atoms with Gasteiger partial charge in [0, 0.05) is 12.1 Å². The molecule has 1 rings (SSSR count). The number of halogens is 2. The van der Waals surface area contributed by atoms with Gasteiger partial charge in [0.05, 0.1) is 16.4 Å². The Balaban J connectivity index is 2.85. The van der Waals surface area contributed by atoms with Crippen molar-refractivity contribution in [3.8, 4) is 0 Å². The summed E-state index contributed by atoms with van der Waals surface area (Å²) in [5.41, 5.74) is 6.70. The number of nitrogens with one attached hydrogen (secondary N) is 1. The molecule has 0 aliphatic carbocycles. The van der Waals surface area contributed by atoms with Gasteiger partial charge in [0.25, 0.3) is 0 Å². The van der Waals surface area contributed by atoms with Gasteiger partial charge in [-0.2, -0.15) is 0 Å². The molecule has 0 fully saturated rings. The lowest BCUT2D eigenvalue weighted by molar-refractivity contribution is 0.628. The van der Waals surface area contributed by atoms with Gasteiger partial charge in [0.1, 0.15) is 5.82 Å².